The van der Waals surface area contributed by atoms with E-state index in [2.05, 4.69) is 36.2 Å². The van der Waals surface area contributed by atoms with Crippen LogP contribution in [0.15, 0.2) is 43.0 Å². The van der Waals surface area contributed by atoms with E-state index in [9.17, 15) is 0 Å². The molecule has 2 aromatic rings. The molecule has 1 aromatic carbocycles. The maximum Gasteiger partial charge on any atom is 0.0991 e. The van der Waals surface area contributed by atoms with Crippen molar-refractivity contribution >= 4 is 0 Å². The molecular weight excluding hydrogens is 214 g/mol. The molecule has 0 fully saturated rings. The standard InChI is InChI=1S/C10H10N2.Zn/c1-9-2-4-10(5-3-9)12-7-6-11-8-12;/h2-8H,1H3;. The third-order valence-corrected chi connectivity index (χ3v) is 1.84. The van der Waals surface area contributed by atoms with Crippen molar-refractivity contribution in [3.05, 3.63) is 48.5 Å². The molecule has 0 bridgehead atoms. The van der Waals surface area contributed by atoms with E-state index in [0.29, 0.717) is 0 Å². The van der Waals surface area contributed by atoms with Crippen LogP contribution in [0.3, 0.4) is 0 Å². The van der Waals surface area contributed by atoms with Gasteiger partial charge < -0.3 is 4.57 Å². The SMILES string of the molecule is Cc1ccc(-n2ccnc2)cc1.[Zn]. The predicted octanol–water partition coefficient (Wildman–Crippen LogP) is 2.18. The normalized spacial score (nSPS) is 9.31. The number of imidazole rings is 1. The molecule has 0 aliphatic heterocycles. The number of hydrogen-bond acceptors (Lipinski definition) is 1. The number of aromatic nitrogens is 2. The molecule has 0 N–H and O–H groups in total. The third-order valence-electron chi connectivity index (χ3n) is 1.84. The summed E-state index contributed by atoms with van der Waals surface area (Å²) in [6, 6.07) is 8.35. The molecule has 2 nitrogen and oxygen atoms in total. The maximum atomic E-state index is 3.98. The van der Waals surface area contributed by atoms with Gasteiger partial charge in [-0.25, -0.2) is 4.98 Å². The van der Waals surface area contributed by atoms with E-state index in [4.69, 9.17) is 0 Å². The molecule has 3 heteroatoms. The summed E-state index contributed by atoms with van der Waals surface area (Å²) in [5.74, 6) is 0. The van der Waals surface area contributed by atoms with E-state index in [-0.39, 0.29) is 19.5 Å². The first-order chi connectivity index (χ1) is 5.86. The fourth-order valence-corrected chi connectivity index (χ4v) is 1.13. The number of benzene rings is 1. The maximum absolute atomic E-state index is 3.98. The second-order valence-electron chi connectivity index (χ2n) is 2.81. The van der Waals surface area contributed by atoms with Crippen LogP contribution in [0.2, 0.25) is 0 Å². The van der Waals surface area contributed by atoms with Crippen molar-refractivity contribution in [1.29, 1.82) is 0 Å². The number of rotatable bonds is 1. The molecule has 0 amide bonds. The smallest absolute Gasteiger partial charge is 0.0991 e. The van der Waals surface area contributed by atoms with Gasteiger partial charge in [-0.1, -0.05) is 17.7 Å². The third kappa shape index (κ3) is 2.25. The molecule has 0 radical (unpaired) electrons. The van der Waals surface area contributed by atoms with Gasteiger partial charge in [-0.15, -0.1) is 0 Å². The summed E-state index contributed by atoms with van der Waals surface area (Å²) >= 11 is 0. The van der Waals surface area contributed by atoms with E-state index < -0.39 is 0 Å². The van der Waals surface area contributed by atoms with E-state index in [0.717, 1.165) is 5.69 Å². The summed E-state index contributed by atoms with van der Waals surface area (Å²) < 4.78 is 1.99. The molecule has 2 rings (SSSR count). The van der Waals surface area contributed by atoms with Gasteiger partial charge in [0.25, 0.3) is 0 Å². The Morgan fingerprint density at radius 3 is 2.38 bits per heavy atom. The fraction of sp³-hybridized carbons (Fsp3) is 0.100. The Morgan fingerprint density at radius 2 is 1.85 bits per heavy atom. The Kier molecular flexibility index (Phi) is 3.38. The topological polar surface area (TPSA) is 17.8 Å². The zero-order valence-electron chi connectivity index (χ0n) is 7.64. The first kappa shape index (κ1) is 10.1. The van der Waals surface area contributed by atoms with Crippen molar-refractivity contribution in [3.8, 4) is 5.69 Å². The average Bonchev–Trinajstić information content (AvgIpc) is 2.58. The second-order valence-corrected chi connectivity index (χ2v) is 2.81. The zero-order chi connectivity index (χ0) is 8.39. The largest absolute Gasteiger partial charge is 0.306 e. The Hall–Kier alpha value is -0.947. The first-order valence-corrected chi connectivity index (χ1v) is 3.91. The molecular formula is C10H10N2Zn. The number of aryl methyl sites for hydroxylation is 1. The van der Waals surface area contributed by atoms with Crippen molar-refractivity contribution in [3.63, 3.8) is 0 Å². The van der Waals surface area contributed by atoms with Crippen LogP contribution in [-0.2, 0) is 19.5 Å². The summed E-state index contributed by atoms with van der Waals surface area (Å²) in [7, 11) is 0. The van der Waals surface area contributed by atoms with Gasteiger partial charge in [0, 0.05) is 37.6 Å². The van der Waals surface area contributed by atoms with E-state index in [1.54, 1.807) is 12.5 Å². The fourth-order valence-electron chi connectivity index (χ4n) is 1.13. The van der Waals surface area contributed by atoms with Crippen LogP contribution in [-0.4, -0.2) is 9.55 Å². The van der Waals surface area contributed by atoms with Gasteiger partial charge in [-0.2, -0.15) is 0 Å². The van der Waals surface area contributed by atoms with Gasteiger partial charge in [0.15, 0.2) is 0 Å². The summed E-state index contributed by atoms with van der Waals surface area (Å²) in [4.78, 5) is 3.98. The van der Waals surface area contributed by atoms with E-state index >= 15 is 0 Å². The molecule has 0 atom stereocenters. The Balaban J connectivity index is 0.000000845. The van der Waals surface area contributed by atoms with E-state index in [1.807, 2.05) is 10.8 Å². The molecule has 13 heavy (non-hydrogen) atoms. The van der Waals surface area contributed by atoms with Gasteiger partial charge in [-0.05, 0) is 19.1 Å². The van der Waals surface area contributed by atoms with Crippen molar-refractivity contribution in [1.82, 2.24) is 9.55 Å². The van der Waals surface area contributed by atoms with Gasteiger partial charge in [0.05, 0.1) is 6.33 Å². The van der Waals surface area contributed by atoms with Crippen LogP contribution in [0.1, 0.15) is 5.56 Å². The quantitative estimate of drug-likeness (QED) is 0.678. The minimum Gasteiger partial charge on any atom is -0.306 e. The van der Waals surface area contributed by atoms with Gasteiger partial charge in [0.2, 0.25) is 0 Å². The summed E-state index contributed by atoms with van der Waals surface area (Å²) in [5, 5.41) is 0. The summed E-state index contributed by atoms with van der Waals surface area (Å²) in [6.45, 7) is 2.08. The molecule has 0 spiro atoms. The van der Waals surface area contributed by atoms with Crippen LogP contribution in [0, 0.1) is 6.92 Å². The molecule has 0 aliphatic rings. The summed E-state index contributed by atoms with van der Waals surface area (Å²) in [6.07, 6.45) is 5.51. The van der Waals surface area contributed by atoms with Crippen LogP contribution < -0.4 is 0 Å². The zero-order valence-corrected chi connectivity index (χ0v) is 10.6. The first-order valence-electron chi connectivity index (χ1n) is 3.91. The Labute approximate surface area is 90.4 Å². The molecule has 0 saturated carbocycles. The molecule has 1 aromatic heterocycles. The monoisotopic (exact) mass is 222 g/mol. The number of hydrogen-bond donors (Lipinski definition) is 0. The molecule has 62 valence electrons. The van der Waals surface area contributed by atoms with E-state index in [1.165, 1.54) is 5.56 Å². The van der Waals surface area contributed by atoms with Crippen molar-refractivity contribution < 1.29 is 19.5 Å². The average molecular weight is 224 g/mol. The van der Waals surface area contributed by atoms with Crippen molar-refractivity contribution in [2.45, 2.75) is 6.92 Å². The molecule has 0 aliphatic carbocycles. The van der Waals surface area contributed by atoms with Crippen LogP contribution in [0.25, 0.3) is 5.69 Å². The predicted molar refractivity (Wildman–Crippen MR) is 48.3 cm³/mol. The van der Waals surface area contributed by atoms with Gasteiger partial charge in [0.1, 0.15) is 0 Å². The van der Waals surface area contributed by atoms with Gasteiger partial charge in [-0.3, -0.25) is 0 Å². The van der Waals surface area contributed by atoms with Crippen molar-refractivity contribution in [2.24, 2.45) is 0 Å². The van der Waals surface area contributed by atoms with Crippen LogP contribution in [0.5, 0.6) is 0 Å². The Morgan fingerprint density at radius 1 is 1.15 bits per heavy atom. The van der Waals surface area contributed by atoms with Gasteiger partial charge >= 0.3 is 0 Å². The van der Waals surface area contributed by atoms with Crippen LogP contribution >= 0.6 is 0 Å². The van der Waals surface area contributed by atoms with Crippen LogP contribution in [0.4, 0.5) is 0 Å². The Bertz CT molecular complexity index is 351. The second kappa shape index (κ2) is 4.33. The molecule has 0 saturated heterocycles. The number of nitrogens with zero attached hydrogens (tertiary/aromatic N) is 2. The van der Waals surface area contributed by atoms with Crippen molar-refractivity contribution in [2.75, 3.05) is 0 Å². The summed E-state index contributed by atoms with van der Waals surface area (Å²) in [5.41, 5.74) is 2.43. The molecule has 1 heterocycles. The minimum atomic E-state index is 0. The minimum absolute atomic E-state index is 0. The molecule has 0 unspecified atom stereocenters.